The Morgan fingerprint density at radius 3 is 2.64 bits per heavy atom. The first-order valence-corrected chi connectivity index (χ1v) is 15.4. The minimum Gasteiger partial charge on any atom is -0.462 e. The number of rotatable bonds is 12. The molecule has 228 valence electrons. The highest BCUT2D eigenvalue weighted by molar-refractivity contribution is 7.52. The number of aliphatic hydroxyl groups is 1. The van der Waals surface area contributed by atoms with Gasteiger partial charge >= 0.3 is 13.7 Å². The van der Waals surface area contributed by atoms with Gasteiger partial charge in [0.05, 0.1) is 19.0 Å². The van der Waals surface area contributed by atoms with Crippen LogP contribution in [0.2, 0.25) is 0 Å². The number of esters is 1. The van der Waals surface area contributed by atoms with Crippen molar-refractivity contribution in [3.05, 3.63) is 42.5 Å². The SMILES string of the molecule is Cc1nc(N(C)C2CC2)c2ncn([C@@H]3O[C@H](COP(=O)(N[C@H](C)C(=O)OC(C)C)Oc4ccccc4)[C@@H](O)[C@H]3F)c2n1. The molecule has 1 saturated carbocycles. The topological polar surface area (TPSA) is 150 Å². The van der Waals surface area contributed by atoms with Gasteiger partial charge in [0, 0.05) is 13.1 Å². The summed E-state index contributed by atoms with van der Waals surface area (Å²) in [5, 5.41) is 13.3. The normalized spacial score (nSPS) is 24.5. The van der Waals surface area contributed by atoms with Crippen LogP contribution >= 0.6 is 7.75 Å². The van der Waals surface area contributed by atoms with E-state index in [0.717, 1.165) is 12.8 Å². The Hall–Kier alpha value is -3.16. The van der Waals surface area contributed by atoms with Crippen LogP contribution in [0.25, 0.3) is 11.2 Å². The fourth-order valence-corrected chi connectivity index (χ4v) is 6.15. The van der Waals surface area contributed by atoms with E-state index < -0.39 is 57.1 Å². The fraction of sp³-hybridized carbons (Fsp3) is 0.556. The maximum Gasteiger partial charge on any atom is 0.459 e. The third-order valence-electron chi connectivity index (χ3n) is 6.95. The molecule has 1 aromatic carbocycles. The molecule has 0 bridgehead atoms. The molecule has 0 spiro atoms. The number of fused-ring (bicyclic) bond motifs is 1. The number of para-hydroxylation sites is 1. The van der Waals surface area contributed by atoms with Crippen molar-refractivity contribution in [2.75, 3.05) is 18.6 Å². The van der Waals surface area contributed by atoms with E-state index in [0.29, 0.717) is 28.8 Å². The maximum atomic E-state index is 15.5. The summed E-state index contributed by atoms with van der Waals surface area (Å²) in [6, 6.07) is 7.52. The number of halogens is 1. The van der Waals surface area contributed by atoms with E-state index in [1.807, 2.05) is 11.9 Å². The number of hydrogen-bond donors (Lipinski definition) is 2. The lowest BCUT2D eigenvalue weighted by Gasteiger charge is -2.25. The van der Waals surface area contributed by atoms with Crippen LogP contribution in [0.15, 0.2) is 36.7 Å². The summed E-state index contributed by atoms with van der Waals surface area (Å²) in [5.74, 6) is 0.667. The second-order valence-corrected chi connectivity index (χ2v) is 12.5. The lowest BCUT2D eigenvalue weighted by atomic mass is 10.1. The first-order chi connectivity index (χ1) is 20.0. The number of ether oxygens (including phenoxy) is 2. The Bertz CT molecular complexity index is 1460. The molecule has 42 heavy (non-hydrogen) atoms. The van der Waals surface area contributed by atoms with Gasteiger partial charge in [0.25, 0.3) is 0 Å². The molecule has 15 heteroatoms. The molecule has 13 nitrogen and oxygen atoms in total. The molecule has 3 aromatic rings. The van der Waals surface area contributed by atoms with Gasteiger partial charge in [0.15, 0.2) is 29.4 Å². The van der Waals surface area contributed by atoms with Crippen LogP contribution < -0.4 is 14.5 Å². The molecule has 1 aliphatic heterocycles. The zero-order valence-corrected chi connectivity index (χ0v) is 25.0. The van der Waals surface area contributed by atoms with Gasteiger partial charge in [-0.25, -0.2) is 23.9 Å². The average Bonchev–Trinajstić information content (AvgIpc) is 3.65. The number of benzene rings is 1. The molecular weight excluding hydrogens is 570 g/mol. The van der Waals surface area contributed by atoms with Crippen LogP contribution in [0.4, 0.5) is 10.2 Å². The van der Waals surface area contributed by atoms with Gasteiger partial charge in [-0.1, -0.05) is 18.2 Å². The van der Waals surface area contributed by atoms with E-state index in [-0.39, 0.29) is 5.75 Å². The highest BCUT2D eigenvalue weighted by atomic mass is 31.2. The monoisotopic (exact) mass is 606 g/mol. The minimum absolute atomic E-state index is 0.207. The number of anilines is 1. The van der Waals surface area contributed by atoms with Crippen LogP contribution in [0, 0.1) is 6.92 Å². The second-order valence-electron chi connectivity index (χ2n) is 10.8. The van der Waals surface area contributed by atoms with Crippen molar-refractivity contribution < 1.29 is 37.4 Å². The van der Waals surface area contributed by atoms with E-state index in [9.17, 15) is 14.5 Å². The van der Waals surface area contributed by atoms with Gasteiger partial charge in [0.1, 0.15) is 29.8 Å². The van der Waals surface area contributed by atoms with E-state index in [1.165, 1.54) is 17.8 Å². The first kappa shape index (κ1) is 30.3. The first-order valence-electron chi connectivity index (χ1n) is 13.8. The van der Waals surface area contributed by atoms with Gasteiger partial charge < -0.3 is 24.0 Å². The highest BCUT2D eigenvalue weighted by Crippen LogP contribution is 2.46. The summed E-state index contributed by atoms with van der Waals surface area (Å²) in [6.45, 7) is 6.05. The summed E-state index contributed by atoms with van der Waals surface area (Å²) < 4.78 is 53.0. The zero-order valence-electron chi connectivity index (χ0n) is 24.1. The Morgan fingerprint density at radius 2 is 1.98 bits per heavy atom. The molecule has 6 atom stereocenters. The summed E-state index contributed by atoms with van der Waals surface area (Å²) in [5.41, 5.74) is 0.857. The number of nitrogens with one attached hydrogen (secondary N) is 1. The fourth-order valence-electron chi connectivity index (χ4n) is 4.65. The second kappa shape index (κ2) is 12.2. The third-order valence-corrected chi connectivity index (χ3v) is 8.59. The smallest absolute Gasteiger partial charge is 0.459 e. The lowest BCUT2D eigenvalue weighted by Crippen LogP contribution is -2.37. The largest absolute Gasteiger partial charge is 0.462 e. The van der Waals surface area contributed by atoms with Crippen molar-refractivity contribution in [2.45, 2.75) is 83.3 Å². The number of carbonyl (C=O) groups is 1. The highest BCUT2D eigenvalue weighted by Gasteiger charge is 2.47. The van der Waals surface area contributed by atoms with Gasteiger partial charge in [-0.15, -0.1) is 0 Å². The molecule has 2 fully saturated rings. The predicted octanol–water partition coefficient (Wildman–Crippen LogP) is 3.46. The number of hydrogen-bond acceptors (Lipinski definition) is 11. The number of nitrogens with zero attached hydrogens (tertiary/aromatic N) is 5. The molecule has 2 N–H and O–H groups in total. The number of imidazole rings is 1. The van der Waals surface area contributed by atoms with Gasteiger partial charge in [-0.3, -0.25) is 13.9 Å². The van der Waals surface area contributed by atoms with Crippen LogP contribution in [-0.4, -0.2) is 80.8 Å². The van der Waals surface area contributed by atoms with Gasteiger partial charge in [-0.05, 0) is 52.7 Å². The minimum atomic E-state index is -4.25. The Balaban J connectivity index is 1.34. The Labute approximate surface area is 242 Å². The van der Waals surface area contributed by atoms with Gasteiger partial charge in [-0.2, -0.15) is 5.09 Å². The van der Waals surface area contributed by atoms with Gasteiger partial charge in [0.2, 0.25) is 0 Å². The lowest BCUT2D eigenvalue weighted by molar-refractivity contribution is -0.149. The standard InChI is InChI=1S/C27H36FN6O7P/c1-15(2)39-27(36)16(3)32-42(37,41-19-9-7-6-8-10-19)38-13-20-23(35)21(28)26(40-20)34-14-29-22-24(33(5)18-11-12-18)30-17(4)31-25(22)34/h6-10,14-16,18,20-21,23,26,35H,11-13H2,1-5H3,(H,32,37)/t16-,20-,21-,23-,26-,42?/m1/s1. The van der Waals surface area contributed by atoms with E-state index in [2.05, 4.69) is 20.0 Å². The molecule has 0 radical (unpaired) electrons. The molecular formula is C27H36FN6O7P. The third kappa shape index (κ3) is 6.57. The van der Waals surface area contributed by atoms with Crippen molar-refractivity contribution in [3.63, 3.8) is 0 Å². The van der Waals surface area contributed by atoms with Crippen molar-refractivity contribution >= 4 is 30.7 Å². The van der Waals surface area contributed by atoms with Crippen molar-refractivity contribution in [1.82, 2.24) is 24.6 Å². The maximum absolute atomic E-state index is 15.5. The Morgan fingerprint density at radius 1 is 1.26 bits per heavy atom. The molecule has 2 aliphatic rings. The van der Waals surface area contributed by atoms with Crippen molar-refractivity contribution in [2.24, 2.45) is 0 Å². The quantitative estimate of drug-likeness (QED) is 0.230. The summed E-state index contributed by atoms with van der Waals surface area (Å²) in [4.78, 5) is 27.9. The summed E-state index contributed by atoms with van der Waals surface area (Å²) >= 11 is 0. The summed E-state index contributed by atoms with van der Waals surface area (Å²) in [7, 11) is -2.31. The van der Waals surface area contributed by atoms with Crippen molar-refractivity contribution in [1.29, 1.82) is 0 Å². The van der Waals surface area contributed by atoms with Crippen LogP contribution in [-0.2, 0) is 23.4 Å². The van der Waals surface area contributed by atoms with Crippen LogP contribution in [0.3, 0.4) is 0 Å². The van der Waals surface area contributed by atoms with E-state index >= 15 is 4.39 Å². The molecule has 1 saturated heterocycles. The zero-order chi connectivity index (χ0) is 30.2. The van der Waals surface area contributed by atoms with Crippen molar-refractivity contribution in [3.8, 4) is 5.75 Å². The molecule has 3 heterocycles. The molecule has 5 rings (SSSR count). The molecule has 2 aromatic heterocycles. The number of aromatic nitrogens is 4. The molecule has 1 aliphatic carbocycles. The predicted molar refractivity (Wildman–Crippen MR) is 151 cm³/mol. The number of aliphatic hydroxyl groups excluding tert-OH is 1. The number of aryl methyl sites for hydroxylation is 1. The van der Waals surface area contributed by atoms with E-state index in [4.69, 9.17) is 18.5 Å². The summed E-state index contributed by atoms with van der Waals surface area (Å²) in [6.07, 6.45) is -2.90. The average molecular weight is 607 g/mol. The van der Waals surface area contributed by atoms with Crippen LogP contribution in [0.5, 0.6) is 5.75 Å². The van der Waals surface area contributed by atoms with Crippen LogP contribution in [0.1, 0.15) is 45.7 Å². The van der Waals surface area contributed by atoms with E-state index in [1.54, 1.807) is 51.1 Å². The number of carbonyl (C=O) groups excluding carboxylic acids is 1. The number of alkyl halides is 1. The molecule has 1 unspecified atom stereocenters. The molecule has 0 amide bonds. The Kier molecular flexibility index (Phi) is 8.81.